The second-order valence-corrected chi connectivity index (χ2v) is 4.47. The van der Waals surface area contributed by atoms with E-state index in [1.165, 1.54) is 28.8 Å². The van der Waals surface area contributed by atoms with E-state index in [9.17, 15) is 13.2 Å². The zero-order chi connectivity index (χ0) is 14.4. The third-order valence-electron chi connectivity index (χ3n) is 3.14. The molecule has 0 amide bonds. The van der Waals surface area contributed by atoms with Crippen LogP contribution in [0.5, 0.6) is 0 Å². The highest BCUT2D eigenvalue weighted by atomic mass is 19.2. The number of nitrogens with two attached hydrogens (primary N) is 1. The first kappa shape index (κ1) is 12.5. The third-order valence-corrected chi connectivity index (χ3v) is 3.14. The van der Waals surface area contributed by atoms with Gasteiger partial charge in [-0.05, 0) is 42.8 Å². The minimum Gasteiger partial charge on any atom is -0.369 e. The highest BCUT2D eigenvalue weighted by Gasteiger charge is 2.17. The van der Waals surface area contributed by atoms with Gasteiger partial charge in [-0.2, -0.15) is 0 Å². The van der Waals surface area contributed by atoms with E-state index in [2.05, 4.69) is 4.98 Å². The first-order chi connectivity index (χ1) is 9.49. The first-order valence-corrected chi connectivity index (χ1v) is 5.87. The van der Waals surface area contributed by atoms with Crippen molar-refractivity contribution in [3.05, 3.63) is 53.3 Å². The van der Waals surface area contributed by atoms with Gasteiger partial charge in [-0.25, -0.2) is 18.2 Å². The fourth-order valence-corrected chi connectivity index (χ4v) is 2.15. The van der Waals surface area contributed by atoms with Crippen LogP contribution in [0, 0.1) is 24.4 Å². The fraction of sp³-hybridized carbons (Fsp3) is 0.0714. The molecule has 0 unspecified atom stereocenters. The summed E-state index contributed by atoms with van der Waals surface area (Å²) < 4.78 is 41.9. The summed E-state index contributed by atoms with van der Waals surface area (Å²) in [5, 5.41) is 0. The van der Waals surface area contributed by atoms with E-state index in [1.807, 2.05) is 0 Å². The Hall–Kier alpha value is -2.50. The van der Waals surface area contributed by atoms with Gasteiger partial charge in [0.1, 0.15) is 11.3 Å². The lowest BCUT2D eigenvalue weighted by Crippen LogP contribution is -2.03. The molecule has 0 fully saturated rings. The molecule has 1 heterocycles. The van der Waals surface area contributed by atoms with E-state index in [1.54, 1.807) is 6.92 Å². The van der Waals surface area contributed by atoms with Crippen LogP contribution in [-0.4, -0.2) is 9.55 Å². The molecule has 0 bridgehead atoms. The zero-order valence-electron chi connectivity index (χ0n) is 10.5. The van der Waals surface area contributed by atoms with Gasteiger partial charge in [0.15, 0.2) is 11.6 Å². The highest BCUT2D eigenvalue weighted by Crippen LogP contribution is 2.27. The van der Waals surface area contributed by atoms with Gasteiger partial charge >= 0.3 is 0 Å². The number of halogens is 3. The SMILES string of the molecule is Cc1cc(-n2c(N)nc3ccc(F)c(F)c32)ccc1F. The molecule has 0 aliphatic carbocycles. The molecule has 6 heteroatoms. The Kier molecular flexibility index (Phi) is 2.67. The predicted molar refractivity (Wildman–Crippen MR) is 70.1 cm³/mol. The first-order valence-electron chi connectivity index (χ1n) is 5.87. The number of aromatic nitrogens is 2. The van der Waals surface area contributed by atoms with Crippen molar-refractivity contribution in [1.29, 1.82) is 0 Å². The lowest BCUT2D eigenvalue weighted by atomic mass is 10.2. The van der Waals surface area contributed by atoms with E-state index >= 15 is 0 Å². The zero-order valence-corrected chi connectivity index (χ0v) is 10.5. The number of nitrogens with zero attached hydrogens (tertiary/aromatic N) is 2. The van der Waals surface area contributed by atoms with Crippen LogP contribution in [-0.2, 0) is 0 Å². The number of nitrogen functional groups attached to an aromatic ring is 1. The summed E-state index contributed by atoms with van der Waals surface area (Å²) in [5.74, 6) is -2.40. The maximum absolute atomic E-state index is 14.0. The summed E-state index contributed by atoms with van der Waals surface area (Å²) in [6.45, 7) is 1.57. The van der Waals surface area contributed by atoms with Crippen LogP contribution in [0.1, 0.15) is 5.56 Å². The van der Waals surface area contributed by atoms with Gasteiger partial charge in [-0.15, -0.1) is 0 Å². The van der Waals surface area contributed by atoms with Crippen molar-refractivity contribution in [2.45, 2.75) is 6.92 Å². The van der Waals surface area contributed by atoms with Crippen LogP contribution in [0.3, 0.4) is 0 Å². The van der Waals surface area contributed by atoms with Crippen molar-refractivity contribution in [2.75, 3.05) is 5.73 Å². The van der Waals surface area contributed by atoms with Gasteiger partial charge in [0.2, 0.25) is 5.95 Å². The van der Waals surface area contributed by atoms with E-state index in [4.69, 9.17) is 5.73 Å². The van der Waals surface area contributed by atoms with Crippen LogP contribution >= 0.6 is 0 Å². The number of fused-ring (bicyclic) bond motifs is 1. The summed E-state index contributed by atoms with van der Waals surface area (Å²) in [6.07, 6.45) is 0. The Morgan fingerprint density at radius 1 is 1.05 bits per heavy atom. The Bertz CT molecular complexity index is 824. The number of hydrogen-bond donors (Lipinski definition) is 1. The van der Waals surface area contributed by atoms with Gasteiger partial charge in [0.05, 0.1) is 5.52 Å². The van der Waals surface area contributed by atoms with Crippen LogP contribution in [0.15, 0.2) is 30.3 Å². The molecule has 0 spiro atoms. The van der Waals surface area contributed by atoms with E-state index in [0.29, 0.717) is 11.3 Å². The molecule has 1 aromatic heterocycles. The molecule has 0 radical (unpaired) electrons. The molecule has 0 aliphatic heterocycles. The molecule has 20 heavy (non-hydrogen) atoms. The number of hydrogen-bond acceptors (Lipinski definition) is 2. The highest BCUT2D eigenvalue weighted by molar-refractivity contribution is 5.81. The summed E-state index contributed by atoms with van der Waals surface area (Å²) in [4.78, 5) is 3.98. The van der Waals surface area contributed by atoms with E-state index < -0.39 is 11.6 Å². The minimum atomic E-state index is -1.03. The second-order valence-electron chi connectivity index (χ2n) is 4.47. The quantitative estimate of drug-likeness (QED) is 0.741. The van der Waals surface area contributed by atoms with Crippen molar-refractivity contribution in [1.82, 2.24) is 9.55 Å². The predicted octanol–water partition coefficient (Wildman–Crippen LogP) is 3.33. The molecule has 3 rings (SSSR count). The molecular formula is C14H10F3N3. The number of benzene rings is 2. The largest absolute Gasteiger partial charge is 0.369 e. The average Bonchev–Trinajstić information content (AvgIpc) is 2.74. The van der Waals surface area contributed by atoms with Gasteiger partial charge in [-0.3, -0.25) is 4.57 Å². The maximum atomic E-state index is 14.0. The summed E-state index contributed by atoms with van der Waals surface area (Å²) in [6, 6.07) is 6.51. The normalized spacial score (nSPS) is 11.2. The van der Waals surface area contributed by atoms with E-state index in [-0.39, 0.29) is 22.8 Å². The molecule has 102 valence electrons. The van der Waals surface area contributed by atoms with Gasteiger partial charge in [0, 0.05) is 5.69 Å². The number of anilines is 1. The molecule has 0 saturated carbocycles. The van der Waals surface area contributed by atoms with Crippen LogP contribution in [0.4, 0.5) is 19.1 Å². The van der Waals surface area contributed by atoms with Crippen molar-refractivity contribution in [3.63, 3.8) is 0 Å². The lowest BCUT2D eigenvalue weighted by molar-refractivity contribution is 0.514. The monoisotopic (exact) mass is 277 g/mol. The molecule has 3 aromatic rings. The lowest BCUT2D eigenvalue weighted by Gasteiger charge is -2.08. The smallest absolute Gasteiger partial charge is 0.206 e. The maximum Gasteiger partial charge on any atom is 0.206 e. The van der Waals surface area contributed by atoms with Gasteiger partial charge < -0.3 is 5.73 Å². The topological polar surface area (TPSA) is 43.8 Å². The van der Waals surface area contributed by atoms with Gasteiger partial charge in [-0.1, -0.05) is 0 Å². The number of imidazole rings is 1. The van der Waals surface area contributed by atoms with Crippen molar-refractivity contribution in [3.8, 4) is 5.69 Å². The summed E-state index contributed by atoms with van der Waals surface area (Å²) in [5.41, 5.74) is 6.74. The Labute approximate surface area is 112 Å². The second kappa shape index (κ2) is 4.26. The van der Waals surface area contributed by atoms with Gasteiger partial charge in [0.25, 0.3) is 0 Å². The van der Waals surface area contributed by atoms with Crippen LogP contribution in [0.2, 0.25) is 0 Å². The molecule has 0 aliphatic rings. The molecule has 0 atom stereocenters. The van der Waals surface area contributed by atoms with Crippen LogP contribution < -0.4 is 5.73 Å². The fourth-order valence-electron chi connectivity index (χ4n) is 2.15. The number of aryl methyl sites for hydroxylation is 1. The molecule has 2 aromatic carbocycles. The number of rotatable bonds is 1. The summed E-state index contributed by atoms with van der Waals surface area (Å²) >= 11 is 0. The Morgan fingerprint density at radius 3 is 2.45 bits per heavy atom. The molecule has 3 nitrogen and oxygen atoms in total. The third kappa shape index (κ3) is 1.72. The molecule has 2 N–H and O–H groups in total. The van der Waals surface area contributed by atoms with Crippen LogP contribution in [0.25, 0.3) is 16.7 Å². The van der Waals surface area contributed by atoms with Crippen molar-refractivity contribution in [2.24, 2.45) is 0 Å². The summed E-state index contributed by atoms with van der Waals surface area (Å²) in [7, 11) is 0. The van der Waals surface area contributed by atoms with E-state index in [0.717, 1.165) is 6.07 Å². The minimum absolute atomic E-state index is 0.00973. The molecular weight excluding hydrogens is 267 g/mol. The Morgan fingerprint density at radius 2 is 1.75 bits per heavy atom. The average molecular weight is 277 g/mol. The molecule has 0 saturated heterocycles. The standard InChI is InChI=1S/C14H10F3N3/c1-7-6-8(2-3-9(7)15)20-13-11(19-14(20)18)5-4-10(16)12(13)17/h2-6H,1H3,(H2,18,19). The van der Waals surface area contributed by atoms with Crippen molar-refractivity contribution >= 4 is 17.0 Å². The Balaban J connectivity index is 2.38. The van der Waals surface area contributed by atoms with Crippen molar-refractivity contribution < 1.29 is 13.2 Å².